The third-order valence-electron chi connectivity index (χ3n) is 2.68. The molecule has 19 heavy (non-hydrogen) atoms. The Labute approximate surface area is 119 Å². The fourth-order valence-electron chi connectivity index (χ4n) is 1.53. The monoisotopic (exact) mass is 278 g/mol. The van der Waals surface area contributed by atoms with E-state index < -0.39 is 0 Å². The molecule has 0 spiro atoms. The van der Waals surface area contributed by atoms with Crippen LogP contribution in [0, 0.1) is 0 Å². The zero-order valence-corrected chi connectivity index (χ0v) is 13.0. The summed E-state index contributed by atoms with van der Waals surface area (Å²) in [5.41, 5.74) is 2.57. The van der Waals surface area contributed by atoms with Gasteiger partial charge < -0.3 is 4.57 Å². The largest absolute Gasteiger partial charge is 0.330 e. The van der Waals surface area contributed by atoms with Crippen molar-refractivity contribution in [2.45, 2.75) is 38.8 Å². The Morgan fingerprint density at radius 1 is 1.37 bits per heavy atom. The molecule has 0 bridgehead atoms. The third-order valence-corrected chi connectivity index (χ3v) is 3.65. The first-order chi connectivity index (χ1) is 8.99. The van der Waals surface area contributed by atoms with Crippen molar-refractivity contribution in [3.63, 3.8) is 0 Å². The standard InChI is InChI=1S/C15H22N2OS/c1-12(2)6-5-7-13(3)9-11-19-15-16-14(18)8-10-17(15)4/h6,8-10H,5,7,11H2,1-4H3/b13-9+. The Bertz CT molecular complexity index is 525. The number of rotatable bonds is 6. The minimum absolute atomic E-state index is 0.176. The predicted molar refractivity (Wildman–Crippen MR) is 82.6 cm³/mol. The van der Waals surface area contributed by atoms with Crippen molar-refractivity contribution in [3.8, 4) is 0 Å². The van der Waals surface area contributed by atoms with Crippen LogP contribution in [-0.2, 0) is 7.05 Å². The lowest BCUT2D eigenvalue weighted by atomic mass is 10.1. The van der Waals surface area contributed by atoms with Crippen molar-refractivity contribution < 1.29 is 0 Å². The Kier molecular flexibility index (Phi) is 6.64. The van der Waals surface area contributed by atoms with Gasteiger partial charge in [-0.1, -0.05) is 35.1 Å². The van der Waals surface area contributed by atoms with E-state index in [1.807, 2.05) is 11.6 Å². The lowest BCUT2D eigenvalue weighted by molar-refractivity contribution is 0.728. The van der Waals surface area contributed by atoms with Gasteiger partial charge in [0, 0.05) is 25.1 Å². The normalized spacial score (nSPS) is 11.5. The van der Waals surface area contributed by atoms with E-state index in [0.717, 1.165) is 23.8 Å². The van der Waals surface area contributed by atoms with E-state index in [9.17, 15) is 4.79 Å². The summed E-state index contributed by atoms with van der Waals surface area (Å²) in [5, 5.41) is 0.765. The first-order valence-corrected chi connectivity index (χ1v) is 7.43. The fourth-order valence-corrected chi connectivity index (χ4v) is 2.47. The van der Waals surface area contributed by atoms with Gasteiger partial charge in [0.25, 0.3) is 5.56 Å². The Hall–Kier alpha value is -1.29. The van der Waals surface area contributed by atoms with Gasteiger partial charge in [0.1, 0.15) is 0 Å². The van der Waals surface area contributed by atoms with Gasteiger partial charge in [0.05, 0.1) is 0 Å². The van der Waals surface area contributed by atoms with Crippen LogP contribution in [0.15, 0.2) is 45.5 Å². The van der Waals surface area contributed by atoms with Crippen LogP contribution in [0.2, 0.25) is 0 Å². The first kappa shape index (κ1) is 15.8. The van der Waals surface area contributed by atoms with Gasteiger partial charge in [0.15, 0.2) is 5.16 Å². The Balaban J connectivity index is 2.46. The van der Waals surface area contributed by atoms with Crippen molar-refractivity contribution in [2.24, 2.45) is 7.05 Å². The quantitative estimate of drug-likeness (QED) is 0.453. The van der Waals surface area contributed by atoms with Gasteiger partial charge >= 0.3 is 0 Å². The fraction of sp³-hybridized carbons (Fsp3) is 0.467. The number of aryl methyl sites for hydroxylation is 1. The zero-order chi connectivity index (χ0) is 14.3. The van der Waals surface area contributed by atoms with Gasteiger partial charge in [-0.15, -0.1) is 0 Å². The van der Waals surface area contributed by atoms with Crippen LogP contribution in [0.3, 0.4) is 0 Å². The summed E-state index contributed by atoms with van der Waals surface area (Å²) < 4.78 is 1.87. The molecule has 0 aromatic carbocycles. The Morgan fingerprint density at radius 3 is 2.79 bits per heavy atom. The number of nitrogens with zero attached hydrogens (tertiary/aromatic N) is 2. The van der Waals surface area contributed by atoms with Crippen LogP contribution < -0.4 is 5.56 Å². The summed E-state index contributed by atoms with van der Waals surface area (Å²) in [6, 6.07) is 1.48. The van der Waals surface area contributed by atoms with Crippen LogP contribution in [0.5, 0.6) is 0 Å². The average Bonchev–Trinajstić information content (AvgIpc) is 2.33. The highest BCUT2D eigenvalue weighted by molar-refractivity contribution is 7.99. The first-order valence-electron chi connectivity index (χ1n) is 6.44. The maximum atomic E-state index is 11.2. The number of hydrogen-bond donors (Lipinski definition) is 0. The molecule has 0 N–H and O–H groups in total. The molecule has 0 aliphatic rings. The summed E-state index contributed by atoms with van der Waals surface area (Å²) in [7, 11) is 1.90. The molecule has 0 radical (unpaired) electrons. The zero-order valence-electron chi connectivity index (χ0n) is 12.1. The molecule has 4 heteroatoms. The second kappa shape index (κ2) is 8.00. The van der Waals surface area contributed by atoms with Gasteiger partial charge in [-0.25, -0.2) is 0 Å². The summed E-state index contributed by atoms with van der Waals surface area (Å²) >= 11 is 1.59. The molecular weight excluding hydrogens is 256 g/mol. The van der Waals surface area contributed by atoms with Crippen molar-refractivity contribution in [1.29, 1.82) is 0 Å². The van der Waals surface area contributed by atoms with E-state index in [1.165, 1.54) is 17.2 Å². The topological polar surface area (TPSA) is 34.9 Å². The maximum Gasteiger partial charge on any atom is 0.273 e. The lowest BCUT2D eigenvalue weighted by Crippen LogP contribution is -2.10. The predicted octanol–water partition coefficient (Wildman–Crippen LogP) is 3.57. The smallest absolute Gasteiger partial charge is 0.273 e. The lowest BCUT2D eigenvalue weighted by Gasteiger charge is -2.04. The molecule has 104 valence electrons. The Morgan fingerprint density at radius 2 is 2.11 bits per heavy atom. The highest BCUT2D eigenvalue weighted by Gasteiger charge is 1.99. The number of thioether (sulfide) groups is 1. The van der Waals surface area contributed by atoms with E-state index in [4.69, 9.17) is 0 Å². The SMILES string of the molecule is CC(C)=CCC/C(C)=C/CSc1nc(=O)ccn1C. The molecule has 0 aliphatic carbocycles. The van der Waals surface area contributed by atoms with Gasteiger partial charge in [-0.2, -0.15) is 4.98 Å². The van der Waals surface area contributed by atoms with Gasteiger partial charge in [-0.3, -0.25) is 4.79 Å². The minimum atomic E-state index is -0.176. The molecule has 0 unspecified atom stereocenters. The van der Waals surface area contributed by atoms with Crippen LogP contribution in [0.25, 0.3) is 0 Å². The molecular formula is C15H22N2OS. The molecule has 0 saturated carbocycles. The highest BCUT2D eigenvalue weighted by Crippen LogP contribution is 2.15. The van der Waals surface area contributed by atoms with Crippen molar-refractivity contribution in [3.05, 3.63) is 45.9 Å². The third kappa shape index (κ3) is 6.43. The van der Waals surface area contributed by atoms with E-state index in [-0.39, 0.29) is 5.56 Å². The maximum absolute atomic E-state index is 11.2. The summed E-state index contributed by atoms with van der Waals surface area (Å²) in [6.07, 6.45) is 8.41. The number of aromatic nitrogens is 2. The molecule has 1 aromatic rings. The van der Waals surface area contributed by atoms with Crippen molar-refractivity contribution in [1.82, 2.24) is 9.55 Å². The molecule has 0 atom stereocenters. The van der Waals surface area contributed by atoms with Crippen LogP contribution in [0.4, 0.5) is 0 Å². The molecule has 1 heterocycles. The van der Waals surface area contributed by atoms with Crippen molar-refractivity contribution >= 4 is 11.8 Å². The summed E-state index contributed by atoms with van der Waals surface area (Å²) in [6.45, 7) is 6.39. The number of allylic oxidation sites excluding steroid dienone is 3. The van der Waals surface area contributed by atoms with E-state index >= 15 is 0 Å². The van der Waals surface area contributed by atoms with Crippen LogP contribution >= 0.6 is 11.8 Å². The molecule has 0 saturated heterocycles. The second-order valence-electron chi connectivity index (χ2n) is 4.84. The van der Waals surface area contributed by atoms with Gasteiger partial charge in [-0.05, 0) is 33.6 Å². The van der Waals surface area contributed by atoms with E-state index in [1.54, 1.807) is 18.0 Å². The van der Waals surface area contributed by atoms with E-state index in [0.29, 0.717) is 0 Å². The summed E-state index contributed by atoms with van der Waals surface area (Å²) in [5.74, 6) is 0.852. The van der Waals surface area contributed by atoms with Gasteiger partial charge in [0.2, 0.25) is 0 Å². The highest BCUT2D eigenvalue weighted by atomic mass is 32.2. The number of hydrogen-bond acceptors (Lipinski definition) is 3. The van der Waals surface area contributed by atoms with Crippen LogP contribution in [0.1, 0.15) is 33.6 Å². The van der Waals surface area contributed by atoms with E-state index in [2.05, 4.69) is 37.9 Å². The van der Waals surface area contributed by atoms with Crippen LogP contribution in [-0.4, -0.2) is 15.3 Å². The molecule has 1 rings (SSSR count). The second-order valence-corrected chi connectivity index (χ2v) is 5.83. The summed E-state index contributed by atoms with van der Waals surface area (Å²) in [4.78, 5) is 15.2. The van der Waals surface area contributed by atoms with Crippen molar-refractivity contribution in [2.75, 3.05) is 5.75 Å². The molecule has 0 amide bonds. The molecule has 0 aliphatic heterocycles. The average molecular weight is 278 g/mol. The molecule has 1 aromatic heterocycles. The molecule has 0 fully saturated rings. The minimum Gasteiger partial charge on any atom is -0.330 e. The molecule has 3 nitrogen and oxygen atoms in total.